The first kappa shape index (κ1) is 16.5. The number of esters is 2. The quantitative estimate of drug-likeness (QED) is 0.636. The number of halogens is 3. The molecule has 0 N–H and O–H groups in total. The van der Waals surface area contributed by atoms with Gasteiger partial charge in [0, 0.05) is 6.92 Å². The van der Waals surface area contributed by atoms with Crippen LogP contribution in [-0.4, -0.2) is 11.9 Å². The Morgan fingerprint density at radius 3 is 2.17 bits per heavy atom. The third-order valence-electron chi connectivity index (χ3n) is 2.74. The van der Waals surface area contributed by atoms with E-state index in [-0.39, 0.29) is 11.3 Å². The van der Waals surface area contributed by atoms with Crippen molar-refractivity contribution in [3.05, 3.63) is 59.7 Å². The molecule has 0 amide bonds. The molecule has 120 valence electrons. The number of carbonyl (C=O) groups is 2. The highest BCUT2D eigenvalue weighted by molar-refractivity contribution is 5.95. The fraction of sp³-hybridized carbons (Fsp3) is 0.125. The van der Waals surface area contributed by atoms with Gasteiger partial charge in [-0.15, -0.1) is 0 Å². The number of hydrogen-bond donors (Lipinski definition) is 0. The van der Waals surface area contributed by atoms with Crippen molar-refractivity contribution in [3.63, 3.8) is 0 Å². The molecule has 0 aliphatic rings. The SMILES string of the molecule is CC(=O)Oc1cc(C(F)(F)F)ccc1C(=O)Oc1ccccc1. The lowest BCUT2D eigenvalue weighted by atomic mass is 10.1. The van der Waals surface area contributed by atoms with E-state index in [1.54, 1.807) is 18.2 Å². The van der Waals surface area contributed by atoms with E-state index in [1.807, 2.05) is 0 Å². The molecule has 0 unspecified atom stereocenters. The molecule has 2 aromatic carbocycles. The lowest BCUT2D eigenvalue weighted by Crippen LogP contribution is -2.14. The number of carbonyl (C=O) groups excluding carboxylic acids is 2. The monoisotopic (exact) mass is 324 g/mol. The average molecular weight is 324 g/mol. The van der Waals surface area contributed by atoms with Crippen molar-refractivity contribution in [2.75, 3.05) is 0 Å². The predicted molar refractivity (Wildman–Crippen MR) is 74.2 cm³/mol. The Bertz CT molecular complexity index is 724. The van der Waals surface area contributed by atoms with Gasteiger partial charge >= 0.3 is 18.1 Å². The van der Waals surface area contributed by atoms with Gasteiger partial charge in [-0.3, -0.25) is 4.79 Å². The molecule has 0 aliphatic heterocycles. The van der Waals surface area contributed by atoms with E-state index in [4.69, 9.17) is 9.47 Å². The van der Waals surface area contributed by atoms with Gasteiger partial charge in [0.15, 0.2) is 0 Å². The van der Waals surface area contributed by atoms with Crippen LogP contribution in [0, 0.1) is 0 Å². The van der Waals surface area contributed by atoms with Crippen LogP contribution in [0.15, 0.2) is 48.5 Å². The Labute approximate surface area is 129 Å². The standard InChI is InChI=1S/C16H11F3O4/c1-10(20)22-14-9-11(16(17,18)19)7-8-13(14)15(21)23-12-5-3-2-4-6-12/h2-9H,1H3. The Kier molecular flexibility index (Phi) is 4.68. The van der Waals surface area contributed by atoms with Gasteiger partial charge in [-0.05, 0) is 30.3 Å². The summed E-state index contributed by atoms with van der Waals surface area (Å²) in [7, 11) is 0. The summed E-state index contributed by atoms with van der Waals surface area (Å²) in [6.07, 6.45) is -4.63. The fourth-order valence-corrected chi connectivity index (χ4v) is 1.76. The van der Waals surface area contributed by atoms with Crippen LogP contribution in [0.2, 0.25) is 0 Å². The average Bonchev–Trinajstić information content (AvgIpc) is 2.46. The number of ether oxygens (including phenoxy) is 2. The molecular weight excluding hydrogens is 313 g/mol. The van der Waals surface area contributed by atoms with Crippen LogP contribution < -0.4 is 9.47 Å². The zero-order valence-electron chi connectivity index (χ0n) is 11.9. The van der Waals surface area contributed by atoms with Crippen molar-refractivity contribution < 1.29 is 32.2 Å². The Morgan fingerprint density at radius 1 is 0.957 bits per heavy atom. The zero-order valence-corrected chi connectivity index (χ0v) is 11.9. The van der Waals surface area contributed by atoms with Gasteiger partial charge in [-0.2, -0.15) is 13.2 Å². The first-order chi connectivity index (χ1) is 10.8. The molecule has 0 saturated heterocycles. The third-order valence-corrected chi connectivity index (χ3v) is 2.74. The van der Waals surface area contributed by atoms with Gasteiger partial charge in [-0.25, -0.2) is 4.79 Å². The summed E-state index contributed by atoms with van der Waals surface area (Å²) in [6, 6.07) is 10.2. The molecule has 0 radical (unpaired) electrons. The van der Waals surface area contributed by atoms with Crippen molar-refractivity contribution in [1.82, 2.24) is 0 Å². The van der Waals surface area contributed by atoms with Gasteiger partial charge in [0.05, 0.1) is 5.56 Å². The summed E-state index contributed by atoms with van der Waals surface area (Å²) in [4.78, 5) is 23.1. The lowest BCUT2D eigenvalue weighted by Gasteiger charge is -2.12. The highest BCUT2D eigenvalue weighted by atomic mass is 19.4. The molecule has 0 aromatic heterocycles. The largest absolute Gasteiger partial charge is 0.426 e. The molecule has 0 aliphatic carbocycles. The molecule has 0 fully saturated rings. The molecule has 0 spiro atoms. The van der Waals surface area contributed by atoms with E-state index in [0.29, 0.717) is 12.1 Å². The molecule has 23 heavy (non-hydrogen) atoms. The second-order valence-corrected chi connectivity index (χ2v) is 4.50. The smallest absolute Gasteiger partial charge is 0.416 e. The number of alkyl halides is 3. The molecule has 4 nitrogen and oxygen atoms in total. The van der Waals surface area contributed by atoms with Crippen LogP contribution in [0.4, 0.5) is 13.2 Å². The summed E-state index contributed by atoms with van der Waals surface area (Å²) < 4.78 is 47.9. The minimum Gasteiger partial charge on any atom is -0.426 e. The van der Waals surface area contributed by atoms with Gasteiger partial charge in [0.25, 0.3) is 0 Å². The maximum Gasteiger partial charge on any atom is 0.416 e. The topological polar surface area (TPSA) is 52.6 Å². The van der Waals surface area contributed by atoms with E-state index >= 15 is 0 Å². The van der Waals surface area contributed by atoms with Crippen molar-refractivity contribution in [1.29, 1.82) is 0 Å². The Morgan fingerprint density at radius 2 is 1.61 bits per heavy atom. The van der Waals surface area contributed by atoms with E-state index < -0.39 is 29.4 Å². The lowest BCUT2D eigenvalue weighted by molar-refractivity contribution is -0.138. The van der Waals surface area contributed by atoms with Crippen LogP contribution in [0.25, 0.3) is 0 Å². The minimum absolute atomic E-state index is 0.214. The van der Waals surface area contributed by atoms with E-state index in [1.165, 1.54) is 12.1 Å². The van der Waals surface area contributed by atoms with Crippen LogP contribution in [-0.2, 0) is 11.0 Å². The second-order valence-electron chi connectivity index (χ2n) is 4.50. The van der Waals surface area contributed by atoms with E-state index in [9.17, 15) is 22.8 Å². The molecule has 7 heteroatoms. The fourth-order valence-electron chi connectivity index (χ4n) is 1.76. The summed E-state index contributed by atoms with van der Waals surface area (Å²) in [6.45, 7) is 1.02. The molecule has 2 aromatic rings. The molecule has 0 atom stereocenters. The van der Waals surface area contributed by atoms with Crippen LogP contribution in [0.1, 0.15) is 22.8 Å². The van der Waals surface area contributed by atoms with Gasteiger partial charge in [0.2, 0.25) is 0 Å². The summed E-state index contributed by atoms with van der Waals surface area (Å²) in [5.41, 5.74) is -1.32. The molecule has 0 saturated carbocycles. The van der Waals surface area contributed by atoms with Crippen LogP contribution in [0.5, 0.6) is 11.5 Å². The Hall–Kier alpha value is -2.83. The third kappa shape index (κ3) is 4.32. The summed E-state index contributed by atoms with van der Waals surface area (Å²) in [5.74, 6) is -2.07. The normalized spacial score (nSPS) is 11.0. The number of rotatable bonds is 3. The van der Waals surface area contributed by atoms with Crippen LogP contribution in [0.3, 0.4) is 0 Å². The maximum atomic E-state index is 12.7. The first-order valence-corrected chi connectivity index (χ1v) is 6.44. The van der Waals surface area contributed by atoms with Gasteiger partial charge < -0.3 is 9.47 Å². The van der Waals surface area contributed by atoms with Crippen molar-refractivity contribution >= 4 is 11.9 Å². The zero-order chi connectivity index (χ0) is 17.0. The molecule has 0 heterocycles. The highest BCUT2D eigenvalue weighted by Crippen LogP contribution is 2.33. The summed E-state index contributed by atoms with van der Waals surface area (Å²) >= 11 is 0. The minimum atomic E-state index is -4.63. The number of para-hydroxylation sites is 1. The molecule has 0 bridgehead atoms. The first-order valence-electron chi connectivity index (χ1n) is 6.44. The molecule has 2 rings (SSSR count). The maximum absolute atomic E-state index is 12.7. The van der Waals surface area contributed by atoms with Crippen molar-refractivity contribution in [2.24, 2.45) is 0 Å². The molecular formula is C16H11F3O4. The van der Waals surface area contributed by atoms with E-state index in [2.05, 4.69) is 0 Å². The van der Waals surface area contributed by atoms with Crippen molar-refractivity contribution in [2.45, 2.75) is 13.1 Å². The van der Waals surface area contributed by atoms with E-state index in [0.717, 1.165) is 13.0 Å². The van der Waals surface area contributed by atoms with Crippen LogP contribution >= 0.6 is 0 Å². The van der Waals surface area contributed by atoms with Gasteiger partial charge in [-0.1, -0.05) is 18.2 Å². The predicted octanol–water partition coefficient (Wildman–Crippen LogP) is 3.85. The second kappa shape index (κ2) is 6.51. The van der Waals surface area contributed by atoms with Crippen molar-refractivity contribution in [3.8, 4) is 11.5 Å². The Balaban J connectivity index is 2.36. The highest BCUT2D eigenvalue weighted by Gasteiger charge is 2.32. The summed E-state index contributed by atoms with van der Waals surface area (Å²) in [5, 5.41) is 0. The number of hydrogen-bond acceptors (Lipinski definition) is 4. The number of benzene rings is 2. The van der Waals surface area contributed by atoms with Gasteiger partial charge in [0.1, 0.15) is 17.1 Å².